The van der Waals surface area contributed by atoms with Crippen LogP contribution in [0.5, 0.6) is 0 Å². The van der Waals surface area contributed by atoms with E-state index in [1.54, 1.807) is 32.0 Å². The van der Waals surface area contributed by atoms with Crippen LogP contribution in [0.1, 0.15) is 36.7 Å². The lowest BCUT2D eigenvalue weighted by molar-refractivity contribution is -0.119. The Morgan fingerprint density at radius 3 is 2.40 bits per heavy atom. The first-order valence-corrected chi connectivity index (χ1v) is 8.37. The topological polar surface area (TPSA) is 81.7 Å². The Labute approximate surface area is 149 Å². The van der Waals surface area contributed by atoms with Crippen molar-refractivity contribution in [3.05, 3.63) is 51.4 Å². The van der Waals surface area contributed by atoms with E-state index < -0.39 is 24.5 Å². The normalized spacial score (nSPS) is 10.2. The van der Waals surface area contributed by atoms with E-state index in [4.69, 9.17) is 9.47 Å². The Morgan fingerprint density at radius 2 is 1.76 bits per heavy atom. The predicted octanol–water partition coefficient (Wildman–Crippen LogP) is 3.26. The molecule has 1 N–H and O–H groups in total. The quantitative estimate of drug-likeness (QED) is 0.827. The number of amides is 1. The minimum absolute atomic E-state index is 0.323. The van der Waals surface area contributed by atoms with Crippen molar-refractivity contribution < 1.29 is 23.9 Å². The molecule has 0 atom stereocenters. The smallest absolute Gasteiger partial charge is 0.341 e. The Balaban J connectivity index is 2.04. The first-order valence-electron chi connectivity index (χ1n) is 7.56. The highest BCUT2D eigenvalue weighted by Gasteiger charge is 2.22. The number of methoxy groups -OCH3 is 1. The Morgan fingerprint density at radius 1 is 1.08 bits per heavy atom. The van der Waals surface area contributed by atoms with E-state index in [0.717, 1.165) is 16.0 Å². The van der Waals surface area contributed by atoms with Crippen LogP contribution in [0.4, 0.5) is 5.00 Å². The van der Waals surface area contributed by atoms with Gasteiger partial charge < -0.3 is 14.8 Å². The van der Waals surface area contributed by atoms with E-state index >= 15 is 0 Å². The van der Waals surface area contributed by atoms with Crippen LogP contribution in [0.15, 0.2) is 24.3 Å². The molecule has 25 heavy (non-hydrogen) atoms. The molecule has 0 bridgehead atoms. The molecule has 0 aliphatic heterocycles. The van der Waals surface area contributed by atoms with Crippen molar-refractivity contribution in [2.24, 2.45) is 0 Å². The molecule has 2 aromatic rings. The number of benzene rings is 1. The zero-order valence-electron chi connectivity index (χ0n) is 14.5. The molecule has 0 saturated carbocycles. The Kier molecular flexibility index (Phi) is 5.93. The molecule has 1 aromatic heterocycles. The summed E-state index contributed by atoms with van der Waals surface area (Å²) in [7, 11) is 1.28. The van der Waals surface area contributed by atoms with Crippen LogP contribution >= 0.6 is 11.3 Å². The number of nitrogens with one attached hydrogen (secondary N) is 1. The standard InChI is InChI=1S/C18H19NO5S/c1-10-7-5-6-8-13(10)17(21)24-9-14(20)19-16-15(18(22)23-4)11(2)12(3)25-16/h5-8H,9H2,1-4H3,(H,19,20). The van der Waals surface area contributed by atoms with E-state index in [-0.39, 0.29) is 0 Å². The molecule has 0 spiro atoms. The van der Waals surface area contributed by atoms with E-state index in [1.165, 1.54) is 18.4 Å². The molecule has 0 radical (unpaired) electrons. The van der Waals surface area contributed by atoms with Crippen molar-refractivity contribution in [1.29, 1.82) is 0 Å². The molecule has 1 heterocycles. The van der Waals surface area contributed by atoms with Gasteiger partial charge in [-0.2, -0.15) is 0 Å². The van der Waals surface area contributed by atoms with Gasteiger partial charge in [-0.05, 0) is 38.0 Å². The third-order valence-electron chi connectivity index (χ3n) is 3.73. The lowest BCUT2D eigenvalue weighted by Crippen LogP contribution is -2.22. The summed E-state index contributed by atoms with van der Waals surface area (Å²) in [6, 6.07) is 6.96. The number of aryl methyl sites for hydroxylation is 2. The third kappa shape index (κ3) is 4.24. The van der Waals surface area contributed by atoms with Crippen LogP contribution in [0.3, 0.4) is 0 Å². The number of thiophene rings is 1. The molecule has 132 valence electrons. The van der Waals surface area contributed by atoms with Crippen LogP contribution in [0.2, 0.25) is 0 Å². The summed E-state index contributed by atoms with van der Waals surface area (Å²) in [6.07, 6.45) is 0. The lowest BCUT2D eigenvalue weighted by atomic mass is 10.1. The van der Waals surface area contributed by atoms with Crippen molar-refractivity contribution in [2.75, 3.05) is 19.0 Å². The van der Waals surface area contributed by atoms with Gasteiger partial charge in [-0.1, -0.05) is 18.2 Å². The maximum Gasteiger partial charge on any atom is 0.341 e. The molecular weight excluding hydrogens is 342 g/mol. The highest BCUT2D eigenvalue weighted by Crippen LogP contribution is 2.32. The minimum Gasteiger partial charge on any atom is -0.465 e. The second kappa shape index (κ2) is 7.94. The van der Waals surface area contributed by atoms with Gasteiger partial charge in [0.15, 0.2) is 6.61 Å². The average Bonchev–Trinajstić information content (AvgIpc) is 2.86. The molecule has 7 heteroatoms. The largest absolute Gasteiger partial charge is 0.465 e. The number of esters is 2. The zero-order chi connectivity index (χ0) is 18.6. The third-order valence-corrected chi connectivity index (χ3v) is 4.85. The molecule has 2 rings (SSSR count). The van der Waals surface area contributed by atoms with Crippen LogP contribution in [0.25, 0.3) is 0 Å². The van der Waals surface area contributed by atoms with E-state index in [1.807, 2.05) is 13.0 Å². The summed E-state index contributed by atoms with van der Waals surface area (Å²) in [5.74, 6) is -1.61. The SMILES string of the molecule is COC(=O)c1c(NC(=O)COC(=O)c2ccccc2C)sc(C)c1C. The fourth-order valence-electron chi connectivity index (χ4n) is 2.24. The van der Waals surface area contributed by atoms with Crippen LogP contribution in [0, 0.1) is 20.8 Å². The van der Waals surface area contributed by atoms with Gasteiger partial charge in [-0.3, -0.25) is 4.79 Å². The first-order chi connectivity index (χ1) is 11.8. The van der Waals surface area contributed by atoms with Gasteiger partial charge in [0.1, 0.15) is 5.00 Å². The molecule has 0 fully saturated rings. The van der Waals surface area contributed by atoms with E-state index in [0.29, 0.717) is 16.1 Å². The maximum absolute atomic E-state index is 12.1. The number of anilines is 1. The maximum atomic E-state index is 12.1. The Hall–Kier alpha value is -2.67. The number of hydrogen-bond acceptors (Lipinski definition) is 6. The Bertz CT molecular complexity index is 825. The summed E-state index contributed by atoms with van der Waals surface area (Å²) in [4.78, 5) is 36.9. The molecule has 0 aliphatic carbocycles. The summed E-state index contributed by atoms with van der Waals surface area (Å²) >= 11 is 1.27. The van der Waals surface area contributed by atoms with Gasteiger partial charge in [0.25, 0.3) is 5.91 Å². The molecular formula is C18H19NO5S. The van der Waals surface area contributed by atoms with E-state index in [9.17, 15) is 14.4 Å². The summed E-state index contributed by atoms with van der Waals surface area (Å²) in [5, 5.41) is 3.00. The van der Waals surface area contributed by atoms with Crippen molar-refractivity contribution in [2.45, 2.75) is 20.8 Å². The van der Waals surface area contributed by atoms with E-state index in [2.05, 4.69) is 5.32 Å². The van der Waals surface area contributed by atoms with Crippen molar-refractivity contribution in [1.82, 2.24) is 0 Å². The first kappa shape index (κ1) is 18.7. The van der Waals surface area contributed by atoms with Crippen LogP contribution in [-0.4, -0.2) is 31.6 Å². The highest BCUT2D eigenvalue weighted by atomic mass is 32.1. The molecule has 0 aliphatic rings. The molecule has 6 nitrogen and oxygen atoms in total. The van der Waals surface area contributed by atoms with Crippen molar-refractivity contribution >= 4 is 34.2 Å². The zero-order valence-corrected chi connectivity index (χ0v) is 15.3. The van der Waals surface area contributed by atoms with Crippen molar-refractivity contribution in [3.8, 4) is 0 Å². The lowest BCUT2D eigenvalue weighted by Gasteiger charge is -2.08. The summed E-state index contributed by atoms with van der Waals surface area (Å²) in [5.41, 5.74) is 2.26. The second-order valence-electron chi connectivity index (χ2n) is 5.42. The average molecular weight is 361 g/mol. The molecule has 1 amide bonds. The van der Waals surface area contributed by atoms with Gasteiger partial charge in [-0.15, -0.1) is 11.3 Å². The van der Waals surface area contributed by atoms with Crippen LogP contribution in [-0.2, 0) is 14.3 Å². The number of carbonyl (C=O) groups is 3. The molecule has 0 saturated heterocycles. The number of rotatable bonds is 5. The summed E-state index contributed by atoms with van der Waals surface area (Å²) in [6.45, 7) is 4.98. The predicted molar refractivity (Wildman–Crippen MR) is 95.2 cm³/mol. The molecule has 1 aromatic carbocycles. The summed E-state index contributed by atoms with van der Waals surface area (Å²) < 4.78 is 9.80. The van der Waals surface area contributed by atoms with Gasteiger partial charge >= 0.3 is 11.9 Å². The minimum atomic E-state index is -0.569. The van der Waals surface area contributed by atoms with Gasteiger partial charge in [0, 0.05) is 4.88 Å². The van der Waals surface area contributed by atoms with Gasteiger partial charge in [-0.25, -0.2) is 9.59 Å². The fourth-order valence-corrected chi connectivity index (χ4v) is 3.30. The van der Waals surface area contributed by atoms with Gasteiger partial charge in [0.2, 0.25) is 0 Å². The highest BCUT2D eigenvalue weighted by molar-refractivity contribution is 7.16. The number of carbonyl (C=O) groups excluding carboxylic acids is 3. The second-order valence-corrected chi connectivity index (χ2v) is 6.64. The molecule has 0 unspecified atom stereocenters. The number of ether oxygens (including phenoxy) is 2. The van der Waals surface area contributed by atoms with Gasteiger partial charge in [0.05, 0.1) is 18.2 Å². The van der Waals surface area contributed by atoms with Crippen LogP contribution < -0.4 is 5.32 Å². The number of hydrogen-bond donors (Lipinski definition) is 1. The monoisotopic (exact) mass is 361 g/mol. The van der Waals surface area contributed by atoms with Crippen molar-refractivity contribution in [3.63, 3.8) is 0 Å². The fraction of sp³-hybridized carbons (Fsp3) is 0.278.